The zero-order valence-electron chi connectivity index (χ0n) is 36.9. The number of hydrogen-bond acceptors (Lipinski definition) is 8. The van der Waals surface area contributed by atoms with E-state index in [9.17, 15) is 22.8 Å². The van der Waals surface area contributed by atoms with Gasteiger partial charge in [0.05, 0.1) is 16.3 Å². The fourth-order valence-electron chi connectivity index (χ4n) is 6.69. The second-order valence-corrected chi connectivity index (χ2v) is 17.7. The van der Waals surface area contributed by atoms with Crippen molar-refractivity contribution in [3.63, 3.8) is 0 Å². The third-order valence-electron chi connectivity index (χ3n) is 10.4. The van der Waals surface area contributed by atoms with Crippen molar-refractivity contribution in [3.05, 3.63) is 48.5 Å². The maximum atomic E-state index is 13.2. The van der Waals surface area contributed by atoms with Crippen molar-refractivity contribution in [2.75, 3.05) is 38.6 Å². The summed E-state index contributed by atoms with van der Waals surface area (Å²) in [4.78, 5) is 41.0. The first-order chi connectivity index (χ1) is 28.6. The number of hydrogen-bond donors (Lipinski definition) is 4. The van der Waals surface area contributed by atoms with Crippen LogP contribution in [0.3, 0.4) is 0 Å². The summed E-state index contributed by atoms with van der Waals surface area (Å²) in [5.41, 5.74) is 2.20. The van der Waals surface area contributed by atoms with E-state index in [0.29, 0.717) is 24.5 Å². The fourth-order valence-corrected chi connectivity index (χ4v) is 7.73. The van der Waals surface area contributed by atoms with Gasteiger partial charge in [0, 0.05) is 52.3 Å². The average molecular weight is 840 g/mol. The number of carbonyl (C=O) groups is 3. The molecule has 0 heterocycles. The summed E-state index contributed by atoms with van der Waals surface area (Å²) in [6.07, 6.45) is 24.1. The lowest BCUT2D eigenvalue weighted by atomic mass is 10.1. The van der Waals surface area contributed by atoms with Crippen LogP contribution < -0.4 is 25.6 Å². The van der Waals surface area contributed by atoms with E-state index < -0.39 is 22.0 Å². The quantitative estimate of drug-likeness (QED) is 0.0399. The summed E-state index contributed by atoms with van der Waals surface area (Å²) < 4.78 is 28.5. The molecule has 13 heteroatoms. The average Bonchev–Trinajstić information content (AvgIpc) is 3.22. The minimum atomic E-state index is -3.91. The maximum Gasteiger partial charge on any atom is 0.242 e. The van der Waals surface area contributed by atoms with Crippen LogP contribution in [0.2, 0.25) is 0 Å². The van der Waals surface area contributed by atoms with Gasteiger partial charge < -0.3 is 20.9 Å². The highest BCUT2D eigenvalue weighted by Gasteiger charge is 2.22. The first-order valence-electron chi connectivity index (χ1n) is 22.7. The first-order valence-corrected chi connectivity index (χ1v) is 24.2. The molecule has 0 bridgehead atoms. The highest BCUT2D eigenvalue weighted by Crippen LogP contribution is 2.22. The molecule has 2 aromatic rings. The second-order valence-electron chi connectivity index (χ2n) is 15.9. The molecule has 0 radical (unpaired) electrons. The molecule has 0 aliphatic rings. The smallest absolute Gasteiger partial charge is 0.242 e. The Kier molecular flexibility index (Phi) is 27.8. The molecular weight excluding hydrogens is 763 g/mol. The van der Waals surface area contributed by atoms with Gasteiger partial charge in [-0.05, 0) is 67.8 Å². The number of carbonyl (C=O) groups excluding carboxylic acids is 3. The van der Waals surface area contributed by atoms with Crippen molar-refractivity contribution < 1.29 is 22.8 Å². The highest BCUT2D eigenvalue weighted by molar-refractivity contribution is 7.89. The molecule has 0 spiro atoms. The Balaban J connectivity index is 1.81. The predicted molar refractivity (Wildman–Crippen MR) is 242 cm³/mol. The van der Waals surface area contributed by atoms with E-state index >= 15 is 0 Å². The van der Waals surface area contributed by atoms with Crippen LogP contribution >= 0.6 is 0 Å². The molecule has 0 saturated heterocycles. The zero-order chi connectivity index (χ0) is 43.0. The Morgan fingerprint density at radius 2 is 1.00 bits per heavy atom. The molecule has 1 atom stereocenters. The van der Waals surface area contributed by atoms with E-state index in [1.54, 1.807) is 12.1 Å². The molecule has 2 aromatic carbocycles. The van der Waals surface area contributed by atoms with Crippen molar-refractivity contribution in [2.24, 2.45) is 10.2 Å². The van der Waals surface area contributed by atoms with Gasteiger partial charge in [-0.25, -0.2) is 13.1 Å². The van der Waals surface area contributed by atoms with Crippen LogP contribution in [0.5, 0.6) is 0 Å². The number of benzene rings is 2. The van der Waals surface area contributed by atoms with Crippen molar-refractivity contribution in [2.45, 2.75) is 172 Å². The van der Waals surface area contributed by atoms with Gasteiger partial charge >= 0.3 is 0 Å². The molecule has 0 aromatic heterocycles. The summed E-state index contributed by atoms with van der Waals surface area (Å²) in [7, 11) is 0.000825. The molecule has 0 aliphatic heterocycles. The molecule has 12 nitrogen and oxygen atoms in total. The summed E-state index contributed by atoms with van der Waals surface area (Å²) in [5.74, 6) is -0.964. The summed E-state index contributed by atoms with van der Waals surface area (Å²) in [6, 6.07) is 12.7. The molecule has 0 fully saturated rings. The van der Waals surface area contributed by atoms with E-state index in [4.69, 9.17) is 0 Å². The van der Waals surface area contributed by atoms with Gasteiger partial charge in [-0.1, -0.05) is 129 Å². The molecule has 332 valence electrons. The lowest BCUT2D eigenvalue weighted by molar-refractivity contribution is -0.129. The molecule has 0 aliphatic carbocycles. The Labute approximate surface area is 357 Å². The molecule has 3 amide bonds. The SMILES string of the molecule is CCCCCCCCCCCCNC(=O)CC[C@H](NC(=O)CCNS(=O)(=O)c1ccc(N=Nc2ccc(N(C)C)cc2)cc1)C(=O)NCCCCCCCCCCCC. The Morgan fingerprint density at radius 3 is 1.47 bits per heavy atom. The van der Waals surface area contributed by atoms with E-state index in [1.165, 1.54) is 108 Å². The third-order valence-corrected chi connectivity index (χ3v) is 11.9. The monoisotopic (exact) mass is 840 g/mol. The highest BCUT2D eigenvalue weighted by atomic mass is 32.2. The number of rotatable bonds is 35. The standard InChI is InChI=1S/C46H77N7O5S/c1-5-7-9-11-13-15-17-19-21-23-36-47-44(54)34-33-43(46(56)48-37-24-22-20-18-16-14-12-10-8-6-2)50-45(55)35-38-49-59(57,58)42-31-27-40(28-32-42)52-51-39-25-29-41(30-26-39)53(3)4/h25-32,43,49H,5-24,33-38H2,1-4H3,(H,47,54)(H,48,56)(H,50,55)/t43-/m0/s1. The first kappa shape index (κ1) is 51.3. The van der Waals surface area contributed by atoms with Gasteiger partial charge in [0.15, 0.2) is 0 Å². The van der Waals surface area contributed by atoms with E-state index in [1.807, 2.05) is 43.3 Å². The molecular formula is C46H77N7O5S. The maximum absolute atomic E-state index is 13.2. The number of anilines is 1. The molecule has 4 N–H and O–H groups in total. The fraction of sp³-hybridized carbons (Fsp3) is 0.674. The minimum Gasteiger partial charge on any atom is -0.378 e. The van der Waals surface area contributed by atoms with Gasteiger partial charge in [-0.2, -0.15) is 10.2 Å². The van der Waals surface area contributed by atoms with Crippen LogP contribution in [0.25, 0.3) is 0 Å². The normalized spacial score (nSPS) is 12.1. The molecule has 2 rings (SSSR count). The van der Waals surface area contributed by atoms with Gasteiger partial charge in [0.1, 0.15) is 6.04 Å². The number of azo groups is 1. The van der Waals surface area contributed by atoms with Crippen LogP contribution in [-0.2, 0) is 24.4 Å². The third kappa shape index (κ3) is 24.7. The topological polar surface area (TPSA) is 161 Å². The van der Waals surface area contributed by atoms with E-state index in [2.05, 4.69) is 44.7 Å². The van der Waals surface area contributed by atoms with Gasteiger partial charge in [-0.15, -0.1) is 0 Å². The van der Waals surface area contributed by atoms with Crippen LogP contribution in [0.15, 0.2) is 63.7 Å². The summed E-state index contributed by atoms with van der Waals surface area (Å²) >= 11 is 0. The molecule has 0 saturated carbocycles. The van der Waals surface area contributed by atoms with Crippen LogP contribution in [0, 0.1) is 0 Å². The van der Waals surface area contributed by atoms with Crippen molar-refractivity contribution in [1.82, 2.24) is 20.7 Å². The Bertz CT molecular complexity index is 1570. The number of sulfonamides is 1. The van der Waals surface area contributed by atoms with Crippen LogP contribution in [-0.4, -0.2) is 65.9 Å². The Hall–Kier alpha value is -3.84. The summed E-state index contributed by atoms with van der Waals surface area (Å²) in [6.45, 7) is 5.39. The molecule has 0 unspecified atom stereocenters. The van der Waals surface area contributed by atoms with Gasteiger partial charge in [-0.3, -0.25) is 14.4 Å². The van der Waals surface area contributed by atoms with Crippen molar-refractivity contribution in [3.8, 4) is 0 Å². The van der Waals surface area contributed by atoms with Crippen molar-refractivity contribution in [1.29, 1.82) is 0 Å². The largest absolute Gasteiger partial charge is 0.378 e. The van der Waals surface area contributed by atoms with E-state index in [0.717, 1.165) is 37.8 Å². The number of amides is 3. The lowest BCUT2D eigenvalue weighted by Crippen LogP contribution is -2.48. The van der Waals surface area contributed by atoms with Crippen LogP contribution in [0.4, 0.5) is 17.1 Å². The number of unbranched alkanes of at least 4 members (excludes halogenated alkanes) is 18. The Morgan fingerprint density at radius 1 is 0.559 bits per heavy atom. The van der Waals surface area contributed by atoms with Gasteiger partial charge in [0.2, 0.25) is 27.7 Å². The van der Waals surface area contributed by atoms with Crippen molar-refractivity contribution >= 4 is 44.8 Å². The number of nitrogens with one attached hydrogen (secondary N) is 4. The number of nitrogens with zero attached hydrogens (tertiary/aromatic N) is 3. The van der Waals surface area contributed by atoms with E-state index in [-0.39, 0.29) is 42.5 Å². The lowest BCUT2D eigenvalue weighted by Gasteiger charge is -2.19. The minimum absolute atomic E-state index is 0.0280. The van der Waals surface area contributed by atoms with Crippen LogP contribution in [0.1, 0.15) is 162 Å². The van der Waals surface area contributed by atoms with Gasteiger partial charge in [0.25, 0.3) is 0 Å². The summed E-state index contributed by atoms with van der Waals surface area (Å²) in [5, 5.41) is 17.1. The second kappa shape index (κ2) is 32.0. The zero-order valence-corrected chi connectivity index (χ0v) is 37.7. The predicted octanol–water partition coefficient (Wildman–Crippen LogP) is 10.2. The molecule has 59 heavy (non-hydrogen) atoms.